The molecule has 5 nitrogen and oxygen atoms in total. The Kier molecular flexibility index (Phi) is 5.16. The molecule has 0 N–H and O–H groups in total. The summed E-state index contributed by atoms with van der Waals surface area (Å²) < 4.78 is 19.1. The molecule has 4 aliphatic rings. The summed E-state index contributed by atoms with van der Waals surface area (Å²) in [7, 11) is 1.83. The van der Waals surface area contributed by atoms with Crippen LogP contribution in [0.25, 0.3) is 5.31 Å². The monoisotopic (exact) mass is 427 g/mol. The molecule has 4 aliphatic heterocycles. The number of carbonyl (C=O) groups is 1. The molecule has 7 heteroatoms. The molecule has 0 spiro atoms. The Morgan fingerprint density at radius 3 is 2.63 bits per heavy atom. The number of hydrogen-bond donors (Lipinski definition) is 0. The van der Waals surface area contributed by atoms with E-state index in [1.807, 2.05) is 17.2 Å². The number of rotatable bonds is 4. The minimum atomic E-state index is -0.404. The van der Waals surface area contributed by atoms with Crippen molar-refractivity contribution in [2.45, 2.75) is 12.7 Å². The van der Waals surface area contributed by atoms with Crippen LogP contribution in [0.1, 0.15) is 12.5 Å². The van der Waals surface area contributed by atoms with Crippen molar-refractivity contribution >= 4 is 19.8 Å². The molecule has 4 atom stereocenters. The largest absolute Gasteiger partial charge is 0.494 e. The first-order valence-electron chi connectivity index (χ1n) is 10.6. The fourth-order valence-electron chi connectivity index (χ4n) is 5.01. The van der Waals surface area contributed by atoms with Crippen molar-refractivity contribution in [1.29, 1.82) is 0 Å². The number of allylic oxidation sites excluding steroid dienone is 1. The second-order valence-corrected chi connectivity index (χ2v) is 9.85. The highest BCUT2D eigenvalue weighted by Gasteiger charge is 2.40. The third-order valence-corrected chi connectivity index (χ3v) is 8.19. The lowest BCUT2D eigenvalue weighted by Crippen LogP contribution is -2.37. The van der Waals surface area contributed by atoms with Crippen molar-refractivity contribution in [2.24, 2.45) is 11.8 Å². The highest BCUT2D eigenvalue weighted by atomic mass is 31.1. The number of hydrogen-bond acceptors (Lipinski definition) is 4. The first-order valence-corrected chi connectivity index (χ1v) is 11.6. The first kappa shape index (κ1) is 19.8. The second kappa shape index (κ2) is 7.82. The van der Waals surface area contributed by atoms with E-state index in [2.05, 4.69) is 28.9 Å². The average molecular weight is 427 g/mol. The number of fused-ring (bicyclic) bond motifs is 2. The van der Waals surface area contributed by atoms with Crippen LogP contribution in [0.15, 0.2) is 48.3 Å². The van der Waals surface area contributed by atoms with Gasteiger partial charge in [-0.1, -0.05) is 27.6 Å². The van der Waals surface area contributed by atoms with Gasteiger partial charge in [0.15, 0.2) is 11.6 Å². The maximum atomic E-state index is 14.1. The van der Waals surface area contributed by atoms with Gasteiger partial charge >= 0.3 is 0 Å². The Bertz CT molecular complexity index is 946. The summed E-state index contributed by atoms with van der Waals surface area (Å²) in [5.74, 6) is 1.24. The van der Waals surface area contributed by atoms with Gasteiger partial charge in [0.25, 0.3) is 5.91 Å². The number of halogens is 1. The Hall–Kier alpha value is -2.17. The number of nitrogens with zero attached hydrogens (tertiary/aromatic N) is 3. The normalized spacial score (nSPS) is 29.2. The fraction of sp³-hybridized carbons (Fsp3) is 0.435. The fourth-order valence-corrected chi connectivity index (χ4v) is 6.39. The molecule has 2 saturated heterocycles. The lowest BCUT2D eigenvalue weighted by atomic mass is 10.0. The number of benzene rings is 1. The summed E-state index contributed by atoms with van der Waals surface area (Å²) in [6, 6.07) is 4.89. The number of methoxy groups -OCH3 is 1. The van der Waals surface area contributed by atoms with E-state index in [1.165, 1.54) is 26.3 Å². The standard InChI is InChI=1S/C23H27FN3O2P/c1-3-25-10-16-12-26(13-17(16)11-25)18-5-7-23-27(14-18)22(28)9-21(30-23)15-4-6-20(29-2)19(24)8-15/h4-9,14,16-17,23,30H,3,10-13H2,1-2H3/t16-,17?,23?/m1/s1. The predicted molar refractivity (Wildman–Crippen MR) is 118 cm³/mol. The van der Waals surface area contributed by atoms with Gasteiger partial charge in [-0.15, -0.1) is 0 Å². The predicted octanol–water partition coefficient (Wildman–Crippen LogP) is 3.32. The molecule has 0 aromatic heterocycles. The third kappa shape index (κ3) is 3.46. The van der Waals surface area contributed by atoms with E-state index in [4.69, 9.17) is 4.74 Å². The third-order valence-electron chi connectivity index (χ3n) is 6.68. The highest BCUT2D eigenvalue weighted by molar-refractivity contribution is 7.51. The van der Waals surface area contributed by atoms with Crippen LogP contribution in [-0.4, -0.2) is 66.2 Å². The molecule has 158 valence electrons. The number of likely N-dealkylation sites (tertiary alicyclic amines) is 2. The van der Waals surface area contributed by atoms with E-state index in [-0.39, 0.29) is 17.4 Å². The number of amides is 1. The van der Waals surface area contributed by atoms with Crippen molar-refractivity contribution in [3.8, 4) is 5.75 Å². The van der Waals surface area contributed by atoms with E-state index >= 15 is 0 Å². The van der Waals surface area contributed by atoms with Crippen LogP contribution in [-0.2, 0) is 4.79 Å². The van der Waals surface area contributed by atoms with Crippen LogP contribution in [0.5, 0.6) is 5.75 Å². The maximum Gasteiger partial charge on any atom is 0.252 e. The van der Waals surface area contributed by atoms with Crippen molar-refractivity contribution in [1.82, 2.24) is 14.7 Å². The van der Waals surface area contributed by atoms with Crippen LogP contribution in [0, 0.1) is 17.7 Å². The summed E-state index contributed by atoms with van der Waals surface area (Å²) in [5.41, 5.74) is 1.88. The molecule has 0 aliphatic carbocycles. The average Bonchev–Trinajstić information content (AvgIpc) is 3.32. The molecule has 1 amide bonds. The summed E-state index contributed by atoms with van der Waals surface area (Å²) in [6.07, 6.45) is 7.96. The summed E-state index contributed by atoms with van der Waals surface area (Å²) >= 11 is 0. The van der Waals surface area contributed by atoms with Gasteiger partial charge in [-0.05, 0) is 47.5 Å². The molecule has 4 heterocycles. The van der Waals surface area contributed by atoms with Gasteiger partial charge in [-0.2, -0.15) is 0 Å². The van der Waals surface area contributed by atoms with Gasteiger partial charge in [0.1, 0.15) is 0 Å². The lowest BCUT2D eigenvalue weighted by Gasteiger charge is -2.36. The Morgan fingerprint density at radius 1 is 1.20 bits per heavy atom. The van der Waals surface area contributed by atoms with Crippen molar-refractivity contribution in [2.75, 3.05) is 39.8 Å². The van der Waals surface area contributed by atoms with E-state index in [0.29, 0.717) is 8.58 Å². The first-order chi connectivity index (χ1) is 14.6. The zero-order valence-electron chi connectivity index (χ0n) is 17.3. The van der Waals surface area contributed by atoms with Crippen LogP contribution in [0.4, 0.5) is 4.39 Å². The molecular weight excluding hydrogens is 400 g/mol. The molecule has 1 aromatic rings. The van der Waals surface area contributed by atoms with Gasteiger partial charge in [0.05, 0.1) is 18.6 Å². The number of carbonyl (C=O) groups excluding carboxylic acids is 1. The Morgan fingerprint density at radius 2 is 1.97 bits per heavy atom. The smallest absolute Gasteiger partial charge is 0.252 e. The molecule has 2 fully saturated rings. The van der Waals surface area contributed by atoms with E-state index < -0.39 is 5.82 Å². The van der Waals surface area contributed by atoms with Crippen LogP contribution in [0.3, 0.4) is 0 Å². The van der Waals surface area contributed by atoms with Gasteiger partial charge in [0, 0.05) is 38.5 Å². The number of ether oxygens (including phenoxy) is 1. The Labute approximate surface area is 178 Å². The molecule has 0 radical (unpaired) electrons. The van der Waals surface area contributed by atoms with Crippen molar-refractivity contribution < 1.29 is 13.9 Å². The van der Waals surface area contributed by atoms with Crippen molar-refractivity contribution in [3.63, 3.8) is 0 Å². The summed E-state index contributed by atoms with van der Waals surface area (Å²) in [6.45, 7) is 7.87. The van der Waals surface area contributed by atoms with Gasteiger partial charge in [-0.25, -0.2) is 4.39 Å². The minimum Gasteiger partial charge on any atom is -0.494 e. The van der Waals surface area contributed by atoms with Crippen LogP contribution < -0.4 is 4.74 Å². The SMILES string of the molecule is CCN1CC2CN(C3=CN4C(=O)C=C(c5ccc(OC)c(F)c5)PC4C=C3)C[C@H]2C1. The maximum absolute atomic E-state index is 14.1. The van der Waals surface area contributed by atoms with E-state index in [0.717, 1.165) is 48.0 Å². The lowest BCUT2D eigenvalue weighted by molar-refractivity contribution is -0.123. The summed E-state index contributed by atoms with van der Waals surface area (Å²) in [5, 5.41) is 0.889. The quantitative estimate of drug-likeness (QED) is 0.691. The van der Waals surface area contributed by atoms with Gasteiger partial charge in [0.2, 0.25) is 0 Å². The molecule has 0 saturated carbocycles. The molecule has 3 unspecified atom stereocenters. The van der Waals surface area contributed by atoms with E-state index in [9.17, 15) is 9.18 Å². The molecule has 1 aromatic carbocycles. The highest BCUT2D eigenvalue weighted by Crippen LogP contribution is 2.45. The molecule has 5 rings (SSSR count). The Balaban J connectivity index is 1.32. The topological polar surface area (TPSA) is 36.0 Å². The second-order valence-electron chi connectivity index (χ2n) is 8.43. The van der Waals surface area contributed by atoms with E-state index in [1.54, 1.807) is 12.1 Å². The minimum absolute atomic E-state index is 0.00379. The van der Waals surface area contributed by atoms with Gasteiger partial charge in [-0.3, -0.25) is 4.79 Å². The molecular formula is C23H27FN3O2P. The zero-order chi connectivity index (χ0) is 20.8. The molecule has 0 bridgehead atoms. The van der Waals surface area contributed by atoms with Crippen molar-refractivity contribution in [3.05, 3.63) is 59.7 Å². The summed E-state index contributed by atoms with van der Waals surface area (Å²) in [4.78, 5) is 19.7. The molecule has 30 heavy (non-hydrogen) atoms. The van der Waals surface area contributed by atoms with Crippen LogP contribution in [0.2, 0.25) is 0 Å². The van der Waals surface area contributed by atoms with Gasteiger partial charge < -0.3 is 19.4 Å². The zero-order valence-corrected chi connectivity index (χ0v) is 18.3. The van der Waals surface area contributed by atoms with Crippen LogP contribution >= 0.6 is 8.58 Å².